The normalized spacial score (nSPS) is 13.7. The van der Waals surface area contributed by atoms with Crippen molar-refractivity contribution in [1.82, 2.24) is 9.88 Å². The Balaban J connectivity index is 1.49. The molecule has 0 bridgehead atoms. The van der Waals surface area contributed by atoms with Gasteiger partial charge in [0.15, 0.2) is 0 Å². The lowest BCUT2D eigenvalue weighted by atomic mass is 10.1. The van der Waals surface area contributed by atoms with E-state index >= 15 is 0 Å². The highest BCUT2D eigenvalue weighted by molar-refractivity contribution is 5.99. The first-order chi connectivity index (χ1) is 15.0. The van der Waals surface area contributed by atoms with Gasteiger partial charge in [-0.1, -0.05) is 24.3 Å². The van der Waals surface area contributed by atoms with Crippen LogP contribution >= 0.6 is 0 Å². The Labute approximate surface area is 178 Å². The molecule has 1 saturated heterocycles. The Bertz CT molecular complexity index is 1120. The minimum Gasteiger partial charge on any atom is -0.362 e. The minimum atomic E-state index is -0.440. The Morgan fingerprint density at radius 2 is 1.71 bits per heavy atom. The number of nitro groups is 1. The first-order valence-corrected chi connectivity index (χ1v) is 9.79. The van der Waals surface area contributed by atoms with Crippen LogP contribution in [0.15, 0.2) is 66.9 Å². The molecule has 0 aliphatic carbocycles. The van der Waals surface area contributed by atoms with E-state index in [9.17, 15) is 19.3 Å². The molecule has 9 heteroatoms. The number of nitro benzene ring substituents is 1. The highest BCUT2D eigenvalue weighted by Crippen LogP contribution is 2.29. The molecular weight excluding hydrogens is 401 g/mol. The lowest BCUT2D eigenvalue weighted by Crippen LogP contribution is -2.49. The van der Waals surface area contributed by atoms with E-state index < -0.39 is 10.7 Å². The lowest BCUT2D eigenvalue weighted by Gasteiger charge is -2.36. The van der Waals surface area contributed by atoms with E-state index in [-0.39, 0.29) is 23.1 Å². The van der Waals surface area contributed by atoms with Gasteiger partial charge >= 0.3 is 0 Å². The molecule has 1 aliphatic rings. The number of hydrogen-bond acceptors (Lipinski definition) is 6. The number of anilines is 3. The second-order valence-corrected chi connectivity index (χ2v) is 7.03. The number of hydrogen-bond donors (Lipinski definition) is 1. The van der Waals surface area contributed by atoms with Gasteiger partial charge in [0.05, 0.1) is 16.2 Å². The zero-order valence-corrected chi connectivity index (χ0v) is 16.6. The maximum atomic E-state index is 14.0. The van der Waals surface area contributed by atoms with Crippen molar-refractivity contribution in [3.63, 3.8) is 0 Å². The van der Waals surface area contributed by atoms with E-state index in [1.165, 1.54) is 18.3 Å². The number of nitrogens with one attached hydrogen (secondary N) is 1. The van der Waals surface area contributed by atoms with Crippen LogP contribution in [0.3, 0.4) is 0 Å². The van der Waals surface area contributed by atoms with Gasteiger partial charge in [-0.15, -0.1) is 0 Å². The standard InChI is InChI=1S/C22H20FN5O3/c23-17-7-1-2-8-18(17)25-21-16(6-5-11-24-21)22(29)27-14-12-26(13-15-27)19-9-3-4-10-20(19)28(30)31/h1-11H,12-15H2,(H,24,25). The highest BCUT2D eigenvalue weighted by atomic mass is 19.1. The predicted molar refractivity (Wildman–Crippen MR) is 115 cm³/mol. The summed E-state index contributed by atoms with van der Waals surface area (Å²) >= 11 is 0. The number of pyridine rings is 1. The molecule has 31 heavy (non-hydrogen) atoms. The maximum absolute atomic E-state index is 14.0. The molecule has 1 aromatic heterocycles. The molecule has 8 nitrogen and oxygen atoms in total. The Kier molecular flexibility index (Phi) is 5.74. The fourth-order valence-corrected chi connectivity index (χ4v) is 3.57. The van der Waals surface area contributed by atoms with E-state index in [0.29, 0.717) is 37.4 Å². The van der Waals surface area contributed by atoms with E-state index in [1.807, 2.05) is 4.90 Å². The van der Waals surface area contributed by atoms with Gasteiger partial charge in [-0.2, -0.15) is 0 Å². The molecule has 0 atom stereocenters. The third-order valence-electron chi connectivity index (χ3n) is 5.15. The molecule has 2 heterocycles. The topological polar surface area (TPSA) is 91.6 Å². The molecule has 1 amide bonds. The van der Waals surface area contributed by atoms with Crippen LogP contribution in [0.2, 0.25) is 0 Å². The van der Waals surface area contributed by atoms with Crippen LogP contribution in [0.4, 0.5) is 27.3 Å². The third-order valence-corrected chi connectivity index (χ3v) is 5.15. The molecular formula is C22H20FN5O3. The molecule has 0 saturated carbocycles. The number of para-hydroxylation sites is 3. The number of halogens is 1. The van der Waals surface area contributed by atoms with E-state index in [0.717, 1.165) is 0 Å². The van der Waals surface area contributed by atoms with Gasteiger partial charge in [0.1, 0.15) is 17.3 Å². The number of amides is 1. The van der Waals surface area contributed by atoms with E-state index in [4.69, 9.17) is 0 Å². The van der Waals surface area contributed by atoms with Crippen LogP contribution in [0, 0.1) is 15.9 Å². The number of benzene rings is 2. The smallest absolute Gasteiger partial charge is 0.292 e. The summed E-state index contributed by atoms with van der Waals surface area (Å²) < 4.78 is 14.0. The highest BCUT2D eigenvalue weighted by Gasteiger charge is 2.27. The van der Waals surface area contributed by atoms with Crippen molar-refractivity contribution >= 4 is 28.8 Å². The van der Waals surface area contributed by atoms with Crippen LogP contribution in [-0.2, 0) is 0 Å². The number of nitrogens with zero attached hydrogens (tertiary/aromatic N) is 4. The number of piperazine rings is 1. The van der Waals surface area contributed by atoms with Gasteiger partial charge in [-0.05, 0) is 30.3 Å². The van der Waals surface area contributed by atoms with Crippen LogP contribution < -0.4 is 10.2 Å². The van der Waals surface area contributed by atoms with Gasteiger partial charge in [-0.3, -0.25) is 14.9 Å². The molecule has 2 aromatic carbocycles. The van der Waals surface area contributed by atoms with Gasteiger partial charge in [0.2, 0.25) is 0 Å². The van der Waals surface area contributed by atoms with E-state index in [1.54, 1.807) is 53.4 Å². The molecule has 0 unspecified atom stereocenters. The summed E-state index contributed by atoms with van der Waals surface area (Å²) in [6.07, 6.45) is 1.53. The minimum absolute atomic E-state index is 0.0471. The zero-order chi connectivity index (χ0) is 21.8. The van der Waals surface area contributed by atoms with Crippen LogP contribution in [-0.4, -0.2) is 46.9 Å². The van der Waals surface area contributed by atoms with Gasteiger partial charge in [-0.25, -0.2) is 9.37 Å². The van der Waals surface area contributed by atoms with Crippen LogP contribution in [0.25, 0.3) is 0 Å². The Morgan fingerprint density at radius 3 is 2.45 bits per heavy atom. The summed E-state index contributed by atoms with van der Waals surface area (Å²) in [5, 5.41) is 14.2. The molecule has 1 fully saturated rings. The largest absolute Gasteiger partial charge is 0.362 e. The van der Waals surface area contributed by atoms with Crippen molar-refractivity contribution in [2.24, 2.45) is 0 Å². The van der Waals surface area contributed by atoms with Gasteiger partial charge < -0.3 is 15.1 Å². The first-order valence-electron chi connectivity index (χ1n) is 9.79. The number of carbonyl (C=O) groups is 1. The second kappa shape index (κ2) is 8.78. The predicted octanol–water partition coefficient (Wildman–Crippen LogP) is 3.83. The van der Waals surface area contributed by atoms with Gasteiger partial charge in [0, 0.05) is 38.4 Å². The first kappa shape index (κ1) is 20.3. The fourth-order valence-electron chi connectivity index (χ4n) is 3.57. The average molecular weight is 421 g/mol. The van der Waals surface area contributed by atoms with Crippen molar-refractivity contribution in [2.45, 2.75) is 0 Å². The summed E-state index contributed by atoms with van der Waals surface area (Å²) in [5.41, 5.74) is 1.16. The zero-order valence-electron chi connectivity index (χ0n) is 16.6. The Hall–Kier alpha value is -4.01. The molecule has 1 aliphatic heterocycles. The van der Waals surface area contributed by atoms with Crippen molar-refractivity contribution in [3.8, 4) is 0 Å². The summed E-state index contributed by atoms with van der Waals surface area (Å²) in [7, 11) is 0. The van der Waals surface area contributed by atoms with Crippen molar-refractivity contribution in [1.29, 1.82) is 0 Å². The number of rotatable bonds is 5. The quantitative estimate of drug-likeness (QED) is 0.497. The fraction of sp³-hybridized carbons (Fsp3) is 0.182. The monoisotopic (exact) mass is 421 g/mol. The Morgan fingerprint density at radius 1 is 1.00 bits per heavy atom. The van der Waals surface area contributed by atoms with Gasteiger partial charge in [0.25, 0.3) is 11.6 Å². The molecule has 0 radical (unpaired) electrons. The maximum Gasteiger partial charge on any atom is 0.292 e. The molecule has 1 N–H and O–H groups in total. The number of carbonyl (C=O) groups excluding carboxylic acids is 1. The van der Waals surface area contributed by atoms with Crippen molar-refractivity contribution < 1.29 is 14.1 Å². The summed E-state index contributed by atoms with van der Waals surface area (Å²) in [6.45, 7) is 1.73. The summed E-state index contributed by atoms with van der Waals surface area (Å²) in [6, 6.07) is 16.1. The third kappa shape index (κ3) is 4.30. The summed E-state index contributed by atoms with van der Waals surface area (Å²) in [5.74, 6) is -0.391. The van der Waals surface area contributed by atoms with Crippen LogP contribution in [0.1, 0.15) is 10.4 Å². The molecule has 3 aromatic rings. The van der Waals surface area contributed by atoms with E-state index in [2.05, 4.69) is 10.3 Å². The SMILES string of the molecule is O=C(c1cccnc1Nc1ccccc1F)N1CCN(c2ccccc2[N+](=O)[O-])CC1. The molecule has 4 rings (SSSR count). The van der Waals surface area contributed by atoms with Crippen molar-refractivity contribution in [2.75, 3.05) is 36.4 Å². The number of aromatic nitrogens is 1. The lowest BCUT2D eigenvalue weighted by molar-refractivity contribution is -0.384. The van der Waals surface area contributed by atoms with Crippen molar-refractivity contribution in [3.05, 3.63) is 88.4 Å². The molecule has 0 spiro atoms. The van der Waals surface area contributed by atoms with Crippen LogP contribution in [0.5, 0.6) is 0 Å². The second-order valence-electron chi connectivity index (χ2n) is 7.03. The average Bonchev–Trinajstić information content (AvgIpc) is 2.80. The molecule has 158 valence electrons. The summed E-state index contributed by atoms with van der Waals surface area (Å²) in [4.78, 5) is 31.8.